The van der Waals surface area contributed by atoms with E-state index in [2.05, 4.69) is 47.6 Å². The highest BCUT2D eigenvalue weighted by molar-refractivity contribution is 4.97. The number of rotatable bonds is 4. The van der Waals surface area contributed by atoms with Crippen molar-refractivity contribution in [3.8, 4) is 0 Å². The summed E-state index contributed by atoms with van der Waals surface area (Å²) in [6, 6.07) is 0. The van der Waals surface area contributed by atoms with Crippen molar-refractivity contribution in [2.75, 3.05) is 0 Å². The van der Waals surface area contributed by atoms with Gasteiger partial charge in [-0.2, -0.15) is 0 Å². The summed E-state index contributed by atoms with van der Waals surface area (Å²) in [6.07, 6.45) is 6.11. The third-order valence-electron chi connectivity index (χ3n) is 3.00. The first-order valence-electron chi connectivity index (χ1n) is 5.53. The largest absolute Gasteiger partial charge is 0.0859 e. The van der Waals surface area contributed by atoms with Crippen LogP contribution in [-0.2, 0) is 0 Å². The normalized spacial score (nSPS) is 16.0. The van der Waals surface area contributed by atoms with Crippen LogP contribution in [0, 0.1) is 11.3 Å². The first-order valence-corrected chi connectivity index (χ1v) is 5.53. The lowest BCUT2D eigenvalue weighted by Crippen LogP contribution is -2.17. The van der Waals surface area contributed by atoms with Crippen molar-refractivity contribution in [3.05, 3.63) is 11.6 Å². The van der Waals surface area contributed by atoms with E-state index in [0.717, 1.165) is 5.92 Å². The lowest BCUT2D eigenvalue weighted by molar-refractivity contribution is 0.247. The van der Waals surface area contributed by atoms with Gasteiger partial charge in [0.15, 0.2) is 0 Å². The van der Waals surface area contributed by atoms with Crippen LogP contribution in [0.25, 0.3) is 0 Å². The molecule has 13 heavy (non-hydrogen) atoms. The molecule has 0 aromatic heterocycles. The minimum absolute atomic E-state index is 0.465. The fourth-order valence-electron chi connectivity index (χ4n) is 1.33. The molecule has 0 heteroatoms. The molecule has 0 aliphatic carbocycles. The molecular formula is C13H26. The van der Waals surface area contributed by atoms with Crippen molar-refractivity contribution < 1.29 is 0 Å². The third-order valence-corrected chi connectivity index (χ3v) is 3.00. The monoisotopic (exact) mass is 182 g/mol. The van der Waals surface area contributed by atoms with Gasteiger partial charge >= 0.3 is 0 Å². The predicted octanol–water partition coefficient (Wildman–Crippen LogP) is 4.81. The maximum Gasteiger partial charge on any atom is -0.0320 e. The molecule has 0 nitrogen and oxygen atoms in total. The Balaban J connectivity index is 3.83. The summed E-state index contributed by atoms with van der Waals surface area (Å²) in [4.78, 5) is 0. The quantitative estimate of drug-likeness (QED) is 0.548. The van der Waals surface area contributed by atoms with E-state index in [1.807, 2.05) is 0 Å². The maximum absolute atomic E-state index is 2.36. The highest BCUT2D eigenvalue weighted by Gasteiger charge is 2.19. The summed E-state index contributed by atoms with van der Waals surface area (Å²) in [7, 11) is 0. The van der Waals surface area contributed by atoms with Gasteiger partial charge in [0.25, 0.3) is 0 Å². The molecule has 0 heterocycles. The highest BCUT2D eigenvalue weighted by Crippen LogP contribution is 2.29. The van der Waals surface area contributed by atoms with E-state index in [-0.39, 0.29) is 0 Å². The van der Waals surface area contributed by atoms with Crippen LogP contribution in [-0.4, -0.2) is 0 Å². The van der Waals surface area contributed by atoms with Crippen LogP contribution in [0.2, 0.25) is 0 Å². The van der Waals surface area contributed by atoms with E-state index in [4.69, 9.17) is 0 Å². The molecule has 0 aromatic rings. The van der Waals surface area contributed by atoms with Gasteiger partial charge in [-0.25, -0.2) is 0 Å². The van der Waals surface area contributed by atoms with E-state index >= 15 is 0 Å². The fraction of sp³-hybridized carbons (Fsp3) is 0.846. The molecule has 0 amide bonds. The summed E-state index contributed by atoms with van der Waals surface area (Å²) in [6.45, 7) is 13.8. The van der Waals surface area contributed by atoms with Crippen LogP contribution in [0.3, 0.4) is 0 Å². The lowest BCUT2D eigenvalue weighted by Gasteiger charge is -2.27. The molecular weight excluding hydrogens is 156 g/mol. The molecule has 0 aliphatic rings. The Bertz CT molecular complexity index is 157. The van der Waals surface area contributed by atoms with E-state index < -0.39 is 0 Å². The Hall–Kier alpha value is -0.260. The smallest absolute Gasteiger partial charge is 0.0320 e. The first kappa shape index (κ1) is 12.7. The molecule has 0 radical (unpaired) electrons. The van der Waals surface area contributed by atoms with Crippen molar-refractivity contribution in [1.29, 1.82) is 0 Å². The molecule has 0 aromatic carbocycles. The van der Waals surface area contributed by atoms with Crippen LogP contribution in [0.15, 0.2) is 11.6 Å². The summed E-state index contributed by atoms with van der Waals surface area (Å²) in [5.41, 5.74) is 2.02. The topological polar surface area (TPSA) is 0 Å². The van der Waals surface area contributed by atoms with Gasteiger partial charge in [-0.15, -0.1) is 0 Å². The molecule has 0 saturated carbocycles. The summed E-state index contributed by atoms with van der Waals surface area (Å²) in [5, 5.41) is 0. The Morgan fingerprint density at radius 1 is 1.31 bits per heavy atom. The molecule has 0 spiro atoms. The van der Waals surface area contributed by atoms with E-state index in [1.54, 1.807) is 5.57 Å². The van der Waals surface area contributed by atoms with Gasteiger partial charge < -0.3 is 0 Å². The van der Waals surface area contributed by atoms with Gasteiger partial charge in [-0.3, -0.25) is 0 Å². The van der Waals surface area contributed by atoms with Crippen molar-refractivity contribution in [2.24, 2.45) is 11.3 Å². The molecule has 1 atom stereocenters. The van der Waals surface area contributed by atoms with Gasteiger partial charge in [0.2, 0.25) is 0 Å². The van der Waals surface area contributed by atoms with Gasteiger partial charge in [-0.05, 0) is 37.5 Å². The highest BCUT2D eigenvalue weighted by atomic mass is 14.2. The lowest BCUT2D eigenvalue weighted by atomic mass is 9.79. The summed E-state index contributed by atoms with van der Waals surface area (Å²) in [5.74, 6) is 0.813. The van der Waals surface area contributed by atoms with Gasteiger partial charge in [-0.1, -0.05) is 46.3 Å². The number of hydrogen-bond donors (Lipinski definition) is 0. The zero-order valence-electron chi connectivity index (χ0n) is 10.3. The molecule has 0 rings (SSSR count). The van der Waals surface area contributed by atoms with Gasteiger partial charge in [0.1, 0.15) is 0 Å². The van der Waals surface area contributed by atoms with Crippen molar-refractivity contribution >= 4 is 0 Å². The van der Waals surface area contributed by atoms with Crippen LogP contribution >= 0.6 is 0 Å². The van der Waals surface area contributed by atoms with Gasteiger partial charge in [0, 0.05) is 0 Å². The van der Waals surface area contributed by atoms with Crippen molar-refractivity contribution in [2.45, 2.75) is 60.8 Å². The zero-order valence-corrected chi connectivity index (χ0v) is 10.3. The second-order valence-electron chi connectivity index (χ2n) is 5.26. The molecule has 0 N–H and O–H groups in total. The van der Waals surface area contributed by atoms with Crippen LogP contribution < -0.4 is 0 Å². The fourth-order valence-corrected chi connectivity index (χ4v) is 1.33. The average molecular weight is 182 g/mol. The predicted molar refractivity (Wildman–Crippen MR) is 61.9 cm³/mol. The maximum atomic E-state index is 2.36. The molecule has 78 valence electrons. The van der Waals surface area contributed by atoms with Crippen LogP contribution in [0.1, 0.15) is 60.8 Å². The zero-order chi connectivity index (χ0) is 10.5. The van der Waals surface area contributed by atoms with E-state index in [0.29, 0.717) is 5.41 Å². The Labute approximate surface area is 84.4 Å². The average Bonchev–Trinajstić information content (AvgIpc) is 1.99. The standard InChI is InChI=1S/C13H26/c1-7-8-11(2)9-10-12(3)13(4,5)6/h8,12H,7,9-10H2,1-6H3/b11-8+. The second kappa shape index (κ2) is 5.47. The van der Waals surface area contributed by atoms with Crippen LogP contribution in [0.5, 0.6) is 0 Å². The van der Waals surface area contributed by atoms with Crippen LogP contribution in [0.4, 0.5) is 0 Å². The molecule has 0 fully saturated rings. The van der Waals surface area contributed by atoms with E-state index in [1.165, 1.54) is 19.3 Å². The Morgan fingerprint density at radius 3 is 2.23 bits per heavy atom. The molecule has 0 saturated heterocycles. The summed E-state index contributed by atoms with van der Waals surface area (Å²) >= 11 is 0. The molecule has 1 unspecified atom stereocenters. The van der Waals surface area contributed by atoms with Crippen molar-refractivity contribution in [1.82, 2.24) is 0 Å². The summed E-state index contributed by atoms with van der Waals surface area (Å²) < 4.78 is 0. The second-order valence-corrected chi connectivity index (χ2v) is 5.26. The Morgan fingerprint density at radius 2 is 1.85 bits per heavy atom. The minimum Gasteiger partial charge on any atom is -0.0859 e. The van der Waals surface area contributed by atoms with E-state index in [9.17, 15) is 0 Å². The molecule has 0 aliphatic heterocycles. The Kier molecular flexibility index (Phi) is 5.36. The van der Waals surface area contributed by atoms with Crippen molar-refractivity contribution in [3.63, 3.8) is 0 Å². The number of hydrogen-bond acceptors (Lipinski definition) is 0. The third kappa shape index (κ3) is 5.90. The SMILES string of the molecule is CC/C=C(\C)CCC(C)C(C)(C)C. The first-order chi connectivity index (χ1) is 5.88. The number of allylic oxidation sites excluding steroid dienone is 2. The minimum atomic E-state index is 0.465. The van der Waals surface area contributed by atoms with Gasteiger partial charge in [0.05, 0.1) is 0 Å². The molecule has 0 bridgehead atoms.